The molecule has 2 atom stereocenters. The highest BCUT2D eigenvalue weighted by Crippen LogP contribution is 2.42. The Morgan fingerprint density at radius 3 is 2.46 bits per heavy atom. The van der Waals surface area contributed by atoms with E-state index in [2.05, 4.69) is 5.32 Å². The third-order valence-corrected chi connectivity index (χ3v) is 7.66. The van der Waals surface area contributed by atoms with Crippen LogP contribution >= 0.6 is 0 Å². The average molecular weight is 402 g/mol. The number of amides is 1. The maximum Gasteiger partial charge on any atom is 0.243 e. The number of sulfonamides is 1. The van der Waals surface area contributed by atoms with E-state index in [1.54, 1.807) is 42.5 Å². The van der Waals surface area contributed by atoms with E-state index in [4.69, 9.17) is 0 Å². The molecule has 2 aromatic rings. The summed E-state index contributed by atoms with van der Waals surface area (Å²) in [7, 11) is -3.68. The minimum Gasteiger partial charge on any atom is -0.349 e. The van der Waals surface area contributed by atoms with Crippen molar-refractivity contribution in [1.29, 1.82) is 0 Å². The van der Waals surface area contributed by atoms with Crippen LogP contribution < -0.4 is 5.32 Å². The molecule has 0 bridgehead atoms. The van der Waals surface area contributed by atoms with Gasteiger partial charge in [-0.3, -0.25) is 4.79 Å². The van der Waals surface area contributed by atoms with Crippen LogP contribution in [0.5, 0.6) is 0 Å². The third-order valence-electron chi connectivity index (χ3n) is 5.83. The van der Waals surface area contributed by atoms with Gasteiger partial charge in [0.1, 0.15) is 5.82 Å². The molecule has 0 saturated carbocycles. The molecule has 2 fully saturated rings. The number of nitrogens with one attached hydrogen (secondary N) is 1. The van der Waals surface area contributed by atoms with Gasteiger partial charge in [-0.1, -0.05) is 36.8 Å². The van der Waals surface area contributed by atoms with Crippen LogP contribution in [0.1, 0.15) is 37.2 Å². The van der Waals surface area contributed by atoms with E-state index < -0.39 is 15.6 Å². The number of nitrogens with zero attached hydrogens (tertiary/aromatic N) is 1. The molecule has 2 saturated heterocycles. The Balaban J connectivity index is 1.75. The maximum absolute atomic E-state index is 13.4. The Morgan fingerprint density at radius 1 is 1.04 bits per heavy atom. The quantitative estimate of drug-likeness (QED) is 0.858. The second-order valence-electron chi connectivity index (χ2n) is 7.63. The van der Waals surface area contributed by atoms with Gasteiger partial charge < -0.3 is 5.32 Å². The number of hydrogen-bond donors (Lipinski definition) is 1. The first-order valence-corrected chi connectivity index (χ1v) is 11.0. The van der Waals surface area contributed by atoms with E-state index in [1.807, 2.05) is 0 Å². The fraction of sp³-hybridized carbons (Fsp3) is 0.381. The summed E-state index contributed by atoms with van der Waals surface area (Å²) in [5, 5.41) is 3.13. The standard InChI is InChI=1S/C21H23FN2O3S/c22-17-11-9-16(10-12-17)19-14-24(28(26,27)18-6-2-1-3-7-18)15-21(19)13-5-4-8-20(25)23-21/h1-3,6-7,9-12,19H,4-5,8,13-15H2,(H,23,25)/t19-,21+/m0/s1. The second-order valence-corrected chi connectivity index (χ2v) is 9.56. The van der Waals surface area contributed by atoms with Crippen LogP contribution in [0.4, 0.5) is 4.39 Å². The van der Waals surface area contributed by atoms with Crippen molar-refractivity contribution in [2.24, 2.45) is 0 Å². The van der Waals surface area contributed by atoms with Gasteiger partial charge in [0, 0.05) is 25.4 Å². The minimum absolute atomic E-state index is 0.0522. The second kappa shape index (κ2) is 7.29. The molecule has 2 aliphatic rings. The van der Waals surface area contributed by atoms with Gasteiger partial charge in [0.25, 0.3) is 0 Å². The Kier molecular flexibility index (Phi) is 4.97. The SMILES string of the molecule is O=C1CCCC[C@]2(CN(S(=O)(=O)c3ccccc3)C[C@H]2c2ccc(F)cc2)N1. The minimum atomic E-state index is -3.68. The van der Waals surface area contributed by atoms with Crippen LogP contribution in [0.15, 0.2) is 59.5 Å². The van der Waals surface area contributed by atoms with Gasteiger partial charge in [0.2, 0.25) is 15.9 Å². The van der Waals surface area contributed by atoms with Crippen molar-refractivity contribution in [2.75, 3.05) is 13.1 Å². The van der Waals surface area contributed by atoms with Gasteiger partial charge in [-0.05, 0) is 42.7 Å². The highest BCUT2D eigenvalue weighted by Gasteiger charge is 2.51. The third kappa shape index (κ3) is 3.44. The molecule has 148 valence electrons. The summed E-state index contributed by atoms with van der Waals surface area (Å²) in [5.74, 6) is -0.619. The summed E-state index contributed by atoms with van der Waals surface area (Å²) >= 11 is 0. The highest BCUT2D eigenvalue weighted by molar-refractivity contribution is 7.89. The molecule has 1 N–H and O–H groups in total. The van der Waals surface area contributed by atoms with E-state index in [1.165, 1.54) is 16.4 Å². The Morgan fingerprint density at radius 2 is 1.75 bits per heavy atom. The summed E-state index contributed by atoms with van der Waals surface area (Å²) in [6.07, 6.45) is 2.77. The molecule has 1 spiro atoms. The van der Waals surface area contributed by atoms with Crippen LogP contribution in [0.25, 0.3) is 0 Å². The Bertz CT molecular complexity index is 963. The lowest BCUT2D eigenvalue weighted by molar-refractivity contribution is -0.122. The van der Waals surface area contributed by atoms with Crippen molar-refractivity contribution in [3.8, 4) is 0 Å². The van der Waals surface area contributed by atoms with Gasteiger partial charge in [0.15, 0.2) is 0 Å². The number of rotatable bonds is 3. The molecule has 0 unspecified atom stereocenters. The van der Waals surface area contributed by atoms with Crippen molar-refractivity contribution in [3.63, 3.8) is 0 Å². The largest absolute Gasteiger partial charge is 0.349 e. The van der Waals surface area contributed by atoms with E-state index >= 15 is 0 Å². The molecule has 5 nitrogen and oxygen atoms in total. The van der Waals surface area contributed by atoms with E-state index in [-0.39, 0.29) is 35.6 Å². The van der Waals surface area contributed by atoms with Crippen molar-refractivity contribution in [2.45, 2.75) is 42.0 Å². The first-order chi connectivity index (χ1) is 13.4. The summed E-state index contributed by atoms with van der Waals surface area (Å²) in [6.45, 7) is 0.473. The zero-order chi connectivity index (χ0) is 19.8. The summed E-state index contributed by atoms with van der Waals surface area (Å²) < 4.78 is 41.3. The lowest BCUT2D eigenvalue weighted by atomic mass is 9.79. The fourth-order valence-corrected chi connectivity index (χ4v) is 5.97. The van der Waals surface area contributed by atoms with Crippen molar-refractivity contribution < 1.29 is 17.6 Å². The smallest absolute Gasteiger partial charge is 0.243 e. The van der Waals surface area contributed by atoms with Crippen LogP contribution in [-0.4, -0.2) is 37.3 Å². The van der Waals surface area contributed by atoms with Crippen LogP contribution in [-0.2, 0) is 14.8 Å². The fourth-order valence-electron chi connectivity index (χ4n) is 4.42. The topological polar surface area (TPSA) is 66.5 Å². The predicted octanol–water partition coefficient (Wildman–Crippen LogP) is 3.04. The Labute approximate surface area is 164 Å². The Hall–Kier alpha value is -2.25. The van der Waals surface area contributed by atoms with Crippen molar-refractivity contribution in [3.05, 3.63) is 66.0 Å². The van der Waals surface area contributed by atoms with Gasteiger partial charge >= 0.3 is 0 Å². The molecule has 2 heterocycles. The normalized spacial score (nSPS) is 26.2. The van der Waals surface area contributed by atoms with Gasteiger partial charge in [-0.15, -0.1) is 0 Å². The number of halogens is 1. The number of carbonyl (C=O) groups excluding carboxylic acids is 1. The number of carbonyl (C=O) groups is 1. The molecule has 4 rings (SSSR count). The lowest BCUT2D eigenvalue weighted by Gasteiger charge is -2.35. The summed E-state index contributed by atoms with van der Waals surface area (Å²) in [5.41, 5.74) is 0.169. The van der Waals surface area contributed by atoms with E-state index in [9.17, 15) is 17.6 Å². The van der Waals surface area contributed by atoms with Crippen LogP contribution in [0.2, 0.25) is 0 Å². The van der Waals surface area contributed by atoms with Gasteiger partial charge in [0.05, 0.1) is 10.4 Å². The molecular weight excluding hydrogens is 379 g/mol. The average Bonchev–Trinajstić information content (AvgIpc) is 2.95. The first-order valence-electron chi connectivity index (χ1n) is 9.52. The van der Waals surface area contributed by atoms with E-state index in [0.29, 0.717) is 12.8 Å². The molecule has 0 radical (unpaired) electrons. The highest BCUT2D eigenvalue weighted by atomic mass is 32.2. The molecule has 2 aromatic carbocycles. The summed E-state index contributed by atoms with van der Waals surface area (Å²) in [4.78, 5) is 12.6. The predicted molar refractivity (Wildman–Crippen MR) is 104 cm³/mol. The van der Waals surface area contributed by atoms with Crippen LogP contribution in [0.3, 0.4) is 0 Å². The zero-order valence-electron chi connectivity index (χ0n) is 15.5. The zero-order valence-corrected chi connectivity index (χ0v) is 16.3. The summed E-state index contributed by atoms with van der Waals surface area (Å²) in [6, 6.07) is 14.5. The molecule has 28 heavy (non-hydrogen) atoms. The maximum atomic E-state index is 13.4. The van der Waals surface area contributed by atoms with Crippen molar-refractivity contribution in [1.82, 2.24) is 9.62 Å². The molecule has 0 aromatic heterocycles. The molecule has 1 amide bonds. The lowest BCUT2D eigenvalue weighted by Crippen LogP contribution is -2.52. The molecule has 0 aliphatic carbocycles. The molecular formula is C21H23FN2O3S. The monoisotopic (exact) mass is 402 g/mol. The number of benzene rings is 2. The van der Waals surface area contributed by atoms with Crippen molar-refractivity contribution >= 4 is 15.9 Å². The van der Waals surface area contributed by atoms with Gasteiger partial charge in [-0.25, -0.2) is 12.8 Å². The molecule has 7 heteroatoms. The van der Waals surface area contributed by atoms with Crippen LogP contribution in [0, 0.1) is 5.82 Å². The number of hydrogen-bond acceptors (Lipinski definition) is 3. The van der Waals surface area contributed by atoms with E-state index in [0.717, 1.165) is 18.4 Å². The van der Waals surface area contributed by atoms with Gasteiger partial charge in [-0.2, -0.15) is 4.31 Å². The molecule has 2 aliphatic heterocycles. The first kappa shape index (κ1) is 19.1.